The fraction of sp³-hybridized carbons (Fsp3) is 0.250. The Morgan fingerprint density at radius 2 is 2.28 bits per heavy atom. The molecule has 0 aliphatic carbocycles. The van der Waals surface area contributed by atoms with Gasteiger partial charge >= 0.3 is 0 Å². The molecule has 1 heterocycles. The normalized spacial score (nSPS) is 12.4. The average molecular weight is 346 g/mol. The van der Waals surface area contributed by atoms with Gasteiger partial charge in [-0.25, -0.2) is 4.98 Å². The van der Waals surface area contributed by atoms with E-state index in [9.17, 15) is 4.21 Å². The molecular formula is C12H12BrNO2S2. The van der Waals surface area contributed by atoms with E-state index in [4.69, 9.17) is 4.74 Å². The number of methoxy groups -OCH3 is 1. The number of rotatable bonds is 4. The van der Waals surface area contributed by atoms with Crippen LogP contribution in [0.1, 0.15) is 11.3 Å². The fourth-order valence-electron chi connectivity index (χ4n) is 1.50. The molecule has 1 aromatic heterocycles. The van der Waals surface area contributed by atoms with Gasteiger partial charge in [-0.15, -0.1) is 11.3 Å². The summed E-state index contributed by atoms with van der Waals surface area (Å²) in [4.78, 5) is 4.25. The Hall–Kier alpha value is -0.720. The average Bonchev–Trinajstić information content (AvgIpc) is 2.76. The summed E-state index contributed by atoms with van der Waals surface area (Å²) in [6, 6.07) is 5.69. The molecule has 6 heteroatoms. The van der Waals surface area contributed by atoms with Crippen molar-refractivity contribution in [2.75, 3.05) is 7.11 Å². The lowest BCUT2D eigenvalue weighted by molar-refractivity contribution is 0.411. The van der Waals surface area contributed by atoms with E-state index < -0.39 is 10.8 Å². The van der Waals surface area contributed by atoms with Gasteiger partial charge in [-0.05, 0) is 25.1 Å². The van der Waals surface area contributed by atoms with Gasteiger partial charge in [-0.1, -0.05) is 15.9 Å². The second-order valence-electron chi connectivity index (χ2n) is 3.70. The number of halogens is 1. The van der Waals surface area contributed by atoms with Gasteiger partial charge in [-0.2, -0.15) is 0 Å². The van der Waals surface area contributed by atoms with Crippen LogP contribution in [0.3, 0.4) is 0 Å². The van der Waals surface area contributed by atoms with E-state index in [2.05, 4.69) is 20.9 Å². The lowest BCUT2D eigenvalue weighted by atomic mass is 10.2. The number of hydrogen-bond donors (Lipinski definition) is 0. The number of ether oxygens (including phenoxy) is 1. The van der Waals surface area contributed by atoms with E-state index in [-0.39, 0.29) is 0 Å². The van der Waals surface area contributed by atoms with Crippen LogP contribution in [-0.4, -0.2) is 16.3 Å². The third-order valence-corrected chi connectivity index (χ3v) is 5.47. The third-order valence-electron chi connectivity index (χ3n) is 2.32. The monoisotopic (exact) mass is 345 g/mol. The summed E-state index contributed by atoms with van der Waals surface area (Å²) >= 11 is 4.84. The molecular weight excluding hydrogens is 334 g/mol. The highest BCUT2D eigenvalue weighted by molar-refractivity contribution is 9.10. The Labute approximate surface area is 121 Å². The van der Waals surface area contributed by atoms with Gasteiger partial charge in [0.25, 0.3) is 0 Å². The van der Waals surface area contributed by atoms with Crippen molar-refractivity contribution in [3.63, 3.8) is 0 Å². The lowest BCUT2D eigenvalue weighted by Crippen LogP contribution is -1.99. The Balaban J connectivity index is 2.23. The molecule has 0 saturated heterocycles. The molecule has 18 heavy (non-hydrogen) atoms. The molecule has 2 rings (SSSR count). The molecule has 2 aromatic rings. The maximum absolute atomic E-state index is 12.2. The van der Waals surface area contributed by atoms with E-state index in [0.29, 0.717) is 10.1 Å². The van der Waals surface area contributed by atoms with Crippen molar-refractivity contribution in [3.05, 3.63) is 39.3 Å². The minimum absolute atomic E-state index is 0.412. The maximum atomic E-state index is 12.2. The zero-order chi connectivity index (χ0) is 13.1. The summed E-state index contributed by atoms with van der Waals surface area (Å²) in [5, 5.41) is 1.91. The molecule has 0 amide bonds. The quantitative estimate of drug-likeness (QED) is 0.850. The number of hydrogen-bond acceptors (Lipinski definition) is 4. The third kappa shape index (κ3) is 3.18. The molecule has 0 radical (unpaired) electrons. The van der Waals surface area contributed by atoms with Gasteiger partial charge in [0, 0.05) is 21.1 Å². The minimum atomic E-state index is -1.13. The molecule has 0 fully saturated rings. The fourth-order valence-corrected chi connectivity index (χ4v) is 4.06. The topological polar surface area (TPSA) is 39.2 Å². The number of benzene rings is 1. The van der Waals surface area contributed by atoms with Gasteiger partial charge in [0.2, 0.25) is 0 Å². The molecule has 1 aromatic carbocycles. The molecule has 0 saturated carbocycles. The number of thiazole rings is 1. The van der Waals surface area contributed by atoms with Crippen molar-refractivity contribution in [1.82, 2.24) is 4.98 Å². The van der Waals surface area contributed by atoms with Gasteiger partial charge in [0.05, 0.1) is 23.7 Å². The molecule has 96 valence electrons. The Bertz CT molecular complexity index is 583. The first-order valence-electron chi connectivity index (χ1n) is 5.23. The van der Waals surface area contributed by atoms with Crippen LogP contribution in [0.25, 0.3) is 0 Å². The highest BCUT2D eigenvalue weighted by atomic mass is 79.9. The SMILES string of the molecule is COc1ccc(Br)cc1C[S@](=O)c1nc(C)cs1. The second-order valence-corrected chi connectivity index (χ2v) is 7.10. The second kappa shape index (κ2) is 5.95. The van der Waals surface area contributed by atoms with Crippen molar-refractivity contribution >= 4 is 38.1 Å². The van der Waals surface area contributed by atoms with E-state index in [1.165, 1.54) is 11.3 Å². The molecule has 0 N–H and O–H groups in total. The predicted octanol–water partition coefficient (Wildman–Crippen LogP) is 3.53. The number of nitrogens with zero attached hydrogens (tertiary/aromatic N) is 1. The van der Waals surface area contributed by atoms with Gasteiger partial charge in [0.15, 0.2) is 4.34 Å². The van der Waals surface area contributed by atoms with E-state index in [1.807, 2.05) is 30.5 Å². The molecule has 0 aliphatic heterocycles. The molecule has 0 bridgehead atoms. The molecule has 0 aliphatic rings. The molecule has 3 nitrogen and oxygen atoms in total. The smallest absolute Gasteiger partial charge is 0.181 e. The van der Waals surface area contributed by atoms with Crippen LogP contribution in [0.4, 0.5) is 0 Å². The standard InChI is InChI=1S/C12H12BrNO2S2/c1-8-6-17-12(14-8)18(15)7-9-5-10(13)3-4-11(9)16-2/h3-6H,7H2,1-2H3/t18-/m0/s1. The minimum Gasteiger partial charge on any atom is -0.496 e. The highest BCUT2D eigenvalue weighted by Crippen LogP contribution is 2.26. The van der Waals surface area contributed by atoms with Crippen molar-refractivity contribution in [2.24, 2.45) is 0 Å². The zero-order valence-electron chi connectivity index (χ0n) is 9.97. The van der Waals surface area contributed by atoms with Crippen LogP contribution in [0.5, 0.6) is 5.75 Å². The van der Waals surface area contributed by atoms with Crippen LogP contribution in [0, 0.1) is 6.92 Å². The summed E-state index contributed by atoms with van der Waals surface area (Å²) in [7, 11) is 0.487. The summed E-state index contributed by atoms with van der Waals surface area (Å²) in [6.45, 7) is 1.90. The van der Waals surface area contributed by atoms with Gasteiger partial charge < -0.3 is 4.74 Å². The van der Waals surface area contributed by atoms with Crippen molar-refractivity contribution < 1.29 is 8.95 Å². The first kappa shape index (κ1) is 13.7. The maximum Gasteiger partial charge on any atom is 0.181 e. The van der Waals surface area contributed by atoms with Crippen LogP contribution >= 0.6 is 27.3 Å². The summed E-state index contributed by atoms with van der Waals surface area (Å²) in [5.74, 6) is 1.16. The van der Waals surface area contributed by atoms with Crippen LogP contribution in [0.2, 0.25) is 0 Å². The zero-order valence-corrected chi connectivity index (χ0v) is 13.2. The number of aryl methyl sites for hydroxylation is 1. The van der Waals surface area contributed by atoms with Gasteiger partial charge in [0.1, 0.15) is 5.75 Å². The van der Waals surface area contributed by atoms with Crippen molar-refractivity contribution in [3.8, 4) is 5.75 Å². The first-order chi connectivity index (χ1) is 8.60. The first-order valence-corrected chi connectivity index (χ1v) is 8.22. The molecule has 0 spiro atoms. The van der Waals surface area contributed by atoms with Crippen LogP contribution < -0.4 is 4.74 Å². The Morgan fingerprint density at radius 3 is 2.89 bits per heavy atom. The Morgan fingerprint density at radius 1 is 1.50 bits per heavy atom. The lowest BCUT2D eigenvalue weighted by Gasteiger charge is -2.07. The predicted molar refractivity (Wildman–Crippen MR) is 77.7 cm³/mol. The number of aromatic nitrogens is 1. The molecule has 0 unspecified atom stereocenters. The summed E-state index contributed by atoms with van der Waals surface area (Å²) in [5.41, 5.74) is 1.82. The van der Waals surface area contributed by atoms with Crippen molar-refractivity contribution in [1.29, 1.82) is 0 Å². The van der Waals surface area contributed by atoms with Gasteiger partial charge in [-0.3, -0.25) is 4.21 Å². The van der Waals surface area contributed by atoms with E-state index >= 15 is 0 Å². The van der Waals surface area contributed by atoms with Crippen LogP contribution in [-0.2, 0) is 16.6 Å². The summed E-state index contributed by atoms with van der Waals surface area (Å²) < 4.78 is 19.1. The largest absolute Gasteiger partial charge is 0.496 e. The highest BCUT2D eigenvalue weighted by Gasteiger charge is 2.12. The Kier molecular flexibility index (Phi) is 4.53. The van der Waals surface area contributed by atoms with Crippen molar-refractivity contribution in [2.45, 2.75) is 17.0 Å². The summed E-state index contributed by atoms with van der Waals surface area (Å²) in [6.07, 6.45) is 0. The van der Waals surface area contributed by atoms with E-state index in [0.717, 1.165) is 21.5 Å². The van der Waals surface area contributed by atoms with Crippen LogP contribution in [0.15, 0.2) is 32.4 Å². The molecule has 1 atom stereocenters. The van der Waals surface area contributed by atoms with E-state index in [1.54, 1.807) is 7.11 Å².